The molecule has 0 aliphatic heterocycles. The highest BCUT2D eigenvalue weighted by Gasteiger charge is 2.22. The van der Waals surface area contributed by atoms with Gasteiger partial charge in [0, 0.05) is 11.9 Å². The van der Waals surface area contributed by atoms with Crippen LogP contribution in [0, 0.1) is 6.92 Å². The van der Waals surface area contributed by atoms with Crippen LogP contribution in [-0.4, -0.2) is 30.9 Å². The number of carbonyl (C=O) groups is 1. The number of hydrogen-bond acceptors (Lipinski definition) is 5. The van der Waals surface area contributed by atoms with Gasteiger partial charge in [0.1, 0.15) is 5.69 Å². The minimum Gasteiger partial charge on any atom is -0.325 e. The molecule has 1 unspecified atom stereocenters. The molecule has 0 spiro atoms. The van der Waals surface area contributed by atoms with Gasteiger partial charge in [-0.2, -0.15) is 0 Å². The Hall–Kier alpha value is -3.45. The summed E-state index contributed by atoms with van der Waals surface area (Å²) in [6.45, 7) is 4.44. The van der Waals surface area contributed by atoms with Crippen molar-refractivity contribution in [2.24, 2.45) is 0 Å². The number of rotatable bonds is 7. The fraction of sp³-hybridized carbons (Fsp3) is 0.167. The van der Waals surface area contributed by atoms with Crippen LogP contribution in [0.3, 0.4) is 0 Å². The molecule has 0 radical (unpaired) electrons. The first-order valence-corrected chi connectivity index (χ1v) is 10.9. The average molecular weight is 430 g/mol. The number of aryl methyl sites for hydroxylation is 1. The largest absolute Gasteiger partial charge is 0.325 e. The molecule has 0 bridgehead atoms. The van der Waals surface area contributed by atoms with E-state index in [1.807, 2.05) is 79.1 Å². The van der Waals surface area contributed by atoms with E-state index in [4.69, 9.17) is 0 Å². The lowest BCUT2D eigenvalue weighted by molar-refractivity contribution is -0.115. The van der Waals surface area contributed by atoms with E-state index >= 15 is 0 Å². The quantitative estimate of drug-likeness (QED) is 0.427. The number of thioether (sulfide) groups is 1. The van der Waals surface area contributed by atoms with E-state index in [0.29, 0.717) is 17.5 Å². The van der Waals surface area contributed by atoms with E-state index in [-0.39, 0.29) is 11.2 Å². The Morgan fingerprint density at radius 1 is 1.00 bits per heavy atom. The Morgan fingerprint density at radius 3 is 2.48 bits per heavy atom. The number of nitrogens with zero attached hydrogens (tertiary/aromatic N) is 4. The number of hydrogen-bond donors (Lipinski definition) is 1. The smallest absolute Gasteiger partial charge is 0.237 e. The van der Waals surface area contributed by atoms with E-state index in [1.54, 1.807) is 6.20 Å². The van der Waals surface area contributed by atoms with Gasteiger partial charge in [0.05, 0.1) is 11.8 Å². The zero-order valence-electron chi connectivity index (χ0n) is 17.4. The van der Waals surface area contributed by atoms with Gasteiger partial charge < -0.3 is 5.32 Å². The summed E-state index contributed by atoms with van der Waals surface area (Å²) < 4.78 is 2.01. The summed E-state index contributed by atoms with van der Waals surface area (Å²) in [7, 11) is 0. The van der Waals surface area contributed by atoms with E-state index in [9.17, 15) is 4.79 Å². The molecule has 0 aliphatic carbocycles. The van der Waals surface area contributed by atoms with Crippen LogP contribution in [0.15, 0.2) is 84.1 Å². The lowest BCUT2D eigenvalue weighted by atomic mass is 10.2. The molecule has 2 heterocycles. The molecular weight excluding hydrogens is 406 g/mol. The minimum absolute atomic E-state index is 0.0760. The lowest BCUT2D eigenvalue weighted by Crippen LogP contribution is -2.23. The van der Waals surface area contributed by atoms with E-state index < -0.39 is 0 Å². The minimum atomic E-state index is -0.352. The molecule has 1 amide bonds. The van der Waals surface area contributed by atoms with Gasteiger partial charge in [0.2, 0.25) is 5.91 Å². The third-order valence-corrected chi connectivity index (χ3v) is 5.93. The second-order valence-corrected chi connectivity index (χ2v) is 8.47. The molecular formula is C24H23N5OS. The highest BCUT2D eigenvalue weighted by Crippen LogP contribution is 2.28. The van der Waals surface area contributed by atoms with Crippen molar-refractivity contribution in [3.63, 3.8) is 0 Å². The first kappa shape index (κ1) is 20.8. The summed E-state index contributed by atoms with van der Waals surface area (Å²) in [6, 6.07) is 23.6. The lowest BCUT2D eigenvalue weighted by Gasteiger charge is -2.14. The molecule has 6 nitrogen and oxygen atoms in total. The Bertz CT molecular complexity index is 1160. The number of anilines is 1. The van der Waals surface area contributed by atoms with Crippen LogP contribution in [0.5, 0.6) is 0 Å². The van der Waals surface area contributed by atoms with Crippen LogP contribution in [0.2, 0.25) is 0 Å². The Labute approximate surface area is 185 Å². The fourth-order valence-electron chi connectivity index (χ4n) is 3.13. The Balaban J connectivity index is 1.59. The van der Waals surface area contributed by atoms with Crippen LogP contribution in [0.25, 0.3) is 11.5 Å². The summed E-state index contributed by atoms with van der Waals surface area (Å²) in [6.07, 6.45) is 1.74. The molecule has 4 rings (SSSR count). The van der Waals surface area contributed by atoms with Gasteiger partial charge in [-0.05, 0) is 43.2 Å². The van der Waals surface area contributed by atoms with Crippen molar-refractivity contribution in [3.8, 4) is 11.5 Å². The summed E-state index contributed by atoms with van der Waals surface area (Å²) in [5.74, 6) is 0.603. The average Bonchev–Trinajstić information content (AvgIpc) is 3.18. The highest BCUT2D eigenvalue weighted by molar-refractivity contribution is 8.00. The third kappa shape index (κ3) is 5.00. The van der Waals surface area contributed by atoms with Crippen LogP contribution in [-0.2, 0) is 11.3 Å². The number of amides is 1. The van der Waals surface area contributed by atoms with Crippen LogP contribution in [0.4, 0.5) is 5.69 Å². The van der Waals surface area contributed by atoms with Gasteiger partial charge in [-0.25, -0.2) is 0 Å². The number of aromatic nitrogens is 4. The molecule has 0 fully saturated rings. The monoisotopic (exact) mass is 429 g/mol. The Kier molecular flexibility index (Phi) is 6.43. The molecule has 1 atom stereocenters. The summed E-state index contributed by atoms with van der Waals surface area (Å²) in [5, 5.41) is 12.1. The van der Waals surface area contributed by atoms with Gasteiger partial charge in [0.15, 0.2) is 11.0 Å². The first-order valence-electron chi connectivity index (χ1n) is 10.0. The maximum Gasteiger partial charge on any atom is 0.237 e. The highest BCUT2D eigenvalue weighted by atomic mass is 32.2. The second-order valence-electron chi connectivity index (χ2n) is 7.16. The van der Waals surface area contributed by atoms with Crippen molar-refractivity contribution in [1.82, 2.24) is 19.7 Å². The summed E-state index contributed by atoms with van der Waals surface area (Å²) >= 11 is 1.39. The molecule has 31 heavy (non-hydrogen) atoms. The fourth-order valence-corrected chi connectivity index (χ4v) is 3.98. The van der Waals surface area contributed by atoms with Crippen molar-refractivity contribution >= 4 is 23.4 Å². The summed E-state index contributed by atoms with van der Waals surface area (Å²) in [4.78, 5) is 17.2. The van der Waals surface area contributed by atoms with E-state index in [2.05, 4.69) is 32.6 Å². The maximum atomic E-state index is 12.8. The number of carbonyl (C=O) groups excluding carboxylic acids is 1. The van der Waals surface area contributed by atoms with Crippen molar-refractivity contribution in [1.29, 1.82) is 0 Å². The predicted molar refractivity (Wildman–Crippen MR) is 124 cm³/mol. The van der Waals surface area contributed by atoms with Crippen molar-refractivity contribution in [3.05, 3.63) is 90.1 Å². The number of pyridine rings is 1. The molecule has 1 N–H and O–H groups in total. The molecule has 2 aromatic heterocycles. The standard InChI is InChI=1S/C24H23N5OS/c1-17-10-6-7-13-20(17)26-23(30)18(2)31-24-28-27-22(21-14-8-9-15-25-21)29(24)16-19-11-4-3-5-12-19/h3-15,18H,16H2,1-2H3,(H,26,30). The van der Waals surface area contributed by atoms with Gasteiger partial charge in [-0.3, -0.25) is 14.3 Å². The van der Waals surface area contributed by atoms with Crippen LogP contribution in [0.1, 0.15) is 18.1 Å². The molecule has 7 heteroatoms. The van der Waals surface area contributed by atoms with Crippen LogP contribution >= 0.6 is 11.8 Å². The Morgan fingerprint density at radius 2 is 1.74 bits per heavy atom. The zero-order valence-corrected chi connectivity index (χ0v) is 18.2. The van der Waals surface area contributed by atoms with Gasteiger partial charge >= 0.3 is 0 Å². The SMILES string of the molecule is Cc1ccccc1NC(=O)C(C)Sc1nnc(-c2ccccn2)n1Cc1ccccc1. The number of benzene rings is 2. The van der Waals surface area contributed by atoms with Gasteiger partial charge in [-0.1, -0.05) is 66.4 Å². The van der Waals surface area contributed by atoms with Crippen molar-refractivity contribution in [2.75, 3.05) is 5.32 Å². The number of nitrogens with one attached hydrogen (secondary N) is 1. The molecule has 0 saturated heterocycles. The molecule has 0 saturated carbocycles. The zero-order chi connectivity index (χ0) is 21.6. The van der Waals surface area contributed by atoms with E-state index in [1.165, 1.54) is 11.8 Å². The second kappa shape index (κ2) is 9.57. The molecule has 0 aliphatic rings. The molecule has 4 aromatic rings. The normalized spacial score (nSPS) is 11.8. The van der Waals surface area contributed by atoms with E-state index in [0.717, 1.165) is 22.5 Å². The molecule has 156 valence electrons. The topological polar surface area (TPSA) is 72.7 Å². The van der Waals surface area contributed by atoms with Crippen molar-refractivity contribution < 1.29 is 4.79 Å². The maximum absolute atomic E-state index is 12.8. The third-order valence-electron chi connectivity index (χ3n) is 4.85. The van der Waals surface area contributed by atoms with Crippen molar-refractivity contribution in [2.45, 2.75) is 30.8 Å². The predicted octanol–water partition coefficient (Wildman–Crippen LogP) is 4.82. The van der Waals surface area contributed by atoms with Gasteiger partial charge in [-0.15, -0.1) is 10.2 Å². The van der Waals surface area contributed by atoms with Gasteiger partial charge in [0.25, 0.3) is 0 Å². The van der Waals surface area contributed by atoms with Crippen LogP contribution < -0.4 is 5.32 Å². The summed E-state index contributed by atoms with van der Waals surface area (Å²) in [5.41, 5.74) is 3.71. The first-order chi connectivity index (χ1) is 15.1. The molecule has 2 aromatic carbocycles. The number of para-hydroxylation sites is 1.